The number of aryl methyl sites for hydroxylation is 1. The molecule has 3 nitrogen and oxygen atoms in total. The number of hydrogen-bond acceptors (Lipinski definition) is 2. The van der Waals surface area contributed by atoms with Crippen LogP contribution < -0.4 is 5.56 Å². The predicted molar refractivity (Wildman–Crippen MR) is 59.5 cm³/mol. The number of nitrogens with zero attached hydrogens (tertiary/aromatic N) is 1. The molecule has 4 heteroatoms. The first-order valence-corrected chi connectivity index (χ1v) is 5.39. The minimum Gasteiger partial charge on any atom is -0.385 e. The van der Waals surface area contributed by atoms with Gasteiger partial charge >= 0.3 is 0 Å². The van der Waals surface area contributed by atoms with Crippen molar-refractivity contribution in [3.63, 3.8) is 0 Å². The van der Waals surface area contributed by atoms with E-state index in [2.05, 4.69) is 15.9 Å². The third-order valence-corrected chi connectivity index (χ3v) is 2.57. The van der Waals surface area contributed by atoms with Gasteiger partial charge in [0.15, 0.2) is 0 Å². The normalized spacial score (nSPS) is 10.4. The molecule has 0 saturated carbocycles. The van der Waals surface area contributed by atoms with E-state index in [1.807, 2.05) is 6.07 Å². The van der Waals surface area contributed by atoms with E-state index in [9.17, 15) is 4.79 Å². The van der Waals surface area contributed by atoms with Crippen LogP contribution >= 0.6 is 15.9 Å². The van der Waals surface area contributed by atoms with Gasteiger partial charge in [-0.3, -0.25) is 4.79 Å². The number of methoxy groups -OCH3 is 1. The second-order valence-electron chi connectivity index (χ2n) is 3.05. The summed E-state index contributed by atoms with van der Waals surface area (Å²) in [5.41, 5.74) is 0.0323. The highest BCUT2D eigenvalue weighted by Crippen LogP contribution is 2.01. The molecule has 0 amide bonds. The smallest absolute Gasteiger partial charge is 0.264 e. The molecule has 0 aliphatic carbocycles. The average Bonchev–Trinajstić information content (AvgIpc) is 2.19. The van der Waals surface area contributed by atoms with Gasteiger partial charge in [0.2, 0.25) is 0 Å². The van der Waals surface area contributed by atoms with Crippen LogP contribution in [0.25, 0.3) is 0 Å². The molecule has 0 aliphatic heterocycles. The van der Waals surface area contributed by atoms with Gasteiger partial charge in [0.1, 0.15) is 0 Å². The summed E-state index contributed by atoms with van der Waals surface area (Å²) < 4.78 is 7.26. The van der Waals surface area contributed by atoms with Crippen LogP contribution in [-0.2, 0) is 11.3 Å². The Kier molecular flexibility index (Phi) is 4.90. The Morgan fingerprint density at radius 2 is 2.29 bits per heavy atom. The van der Waals surface area contributed by atoms with Crippen LogP contribution in [0.2, 0.25) is 0 Å². The summed E-state index contributed by atoms with van der Waals surface area (Å²) in [5, 5.41) is 0. The largest absolute Gasteiger partial charge is 0.385 e. The van der Waals surface area contributed by atoms with Crippen molar-refractivity contribution in [3.05, 3.63) is 33.2 Å². The molecule has 0 atom stereocenters. The molecule has 0 N–H and O–H groups in total. The van der Waals surface area contributed by atoms with Crippen LogP contribution in [-0.4, -0.2) is 18.3 Å². The second-order valence-corrected chi connectivity index (χ2v) is 3.91. The van der Waals surface area contributed by atoms with Gasteiger partial charge in [-0.2, -0.15) is 0 Å². The minimum absolute atomic E-state index is 0.0323. The third kappa shape index (κ3) is 3.27. The summed E-state index contributed by atoms with van der Waals surface area (Å²) >= 11 is 3.21. The van der Waals surface area contributed by atoms with Gasteiger partial charge in [-0.05, 0) is 40.9 Å². The fourth-order valence-corrected chi connectivity index (χ4v) is 1.59. The van der Waals surface area contributed by atoms with Crippen LogP contribution in [0.5, 0.6) is 0 Å². The zero-order chi connectivity index (χ0) is 10.4. The number of ether oxygens (including phenoxy) is 1. The fraction of sp³-hybridized carbons (Fsp3) is 0.500. The van der Waals surface area contributed by atoms with E-state index in [4.69, 9.17) is 4.74 Å². The van der Waals surface area contributed by atoms with E-state index in [0.717, 1.165) is 26.0 Å². The Labute approximate surface area is 91.8 Å². The molecule has 0 spiro atoms. The van der Waals surface area contributed by atoms with Crippen LogP contribution in [0.15, 0.2) is 27.6 Å². The third-order valence-electron chi connectivity index (χ3n) is 1.97. The molecule has 1 heterocycles. The SMILES string of the molecule is COCCCCn1cccc(Br)c1=O. The average molecular weight is 260 g/mol. The molecule has 0 saturated heterocycles. The standard InChI is InChI=1S/C10H14BrNO2/c1-14-8-3-2-6-12-7-4-5-9(11)10(12)13/h4-5,7H,2-3,6,8H2,1H3. The number of pyridine rings is 1. The monoisotopic (exact) mass is 259 g/mol. The lowest BCUT2D eigenvalue weighted by atomic mass is 10.3. The zero-order valence-corrected chi connectivity index (χ0v) is 9.79. The Morgan fingerprint density at radius 1 is 1.50 bits per heavy atom. The first-order chi connectivity index (χ1) is 6.75. The fourth-order valence-electron chi connectivity index (χ4n) is 1.21. The molecule has 14 heavy (non-hydrogen) atoms. The molecular weight excluding hydrogens is 246 g/mol. The number of rotatable bonds is 5. The Balaban J connectivity index is 2.51. The predicted octanol–water partition coefficient (Wildman–Crippen LogP) is 2.04. The Morgan fingerprint density at radius 3 is 3.00 bits per heavy atom. The molecule has 0 aromatic carbocycles. The molecule has 78 valence electrons. The molecule has 1 aromatic heterocycles. The van der Waals surface area contributed by atoms with E-state index >= 15 is 0 Å². The van der Waals surface area contributed by atoms with Crippen LogP contribution in [0.3, 0.4) is 0 Å². The summed E-state index contributed by atoms with van der Waals surface area (Å²) in [7, 11) is 1.69. The van der Waals surface area contributed by atoms with E-state index in [-0.39, 0.29) is 5.56 Å². The van der Waals surface area contributed by atoms with Crippen molar-refractivity contribution in [1.82, 2.24) is 4.57 Å². The Bertz CT molecular complexity index is 335. The van der Waals surface area contributed by atoms with Gasteiger partial charge < -0.3 is 9.30 Å². The summed E-state index contributed by atoms with van der Waals surface area (Å²) in [5.74, 6) is 0. The quantitative estimate of drug-likeness (QED) is 0.758. The molecule has 0 aliphatic rings. The molecule has 0 bridgehead atoms. The van der Waals surface area contributed by atoms with Crippen molar-refractivity contribution >= 4 is 15.9 Å². The van der Waals surface area contributed by atoms with Crippen molar-refractivity contribution in [3.8, 4) is 0 Å². The highest BCUT2D eigenvalue weighted by Gasteiger charge is 1.98. The van der Waals surface area contributed by atoms with E-state index in [0.29, 0.717) is 4.47 Å². The van der Waals surface area contributed by atoms with Crippen molar-refractivity contribution in [2.75, 3.05) is 13.7 Å². The van der Waals surface area contributed by atoms with Crippen molar-refractivity contribution < 1.29 is 4.74 Å². The first-order valence-electron chi connectivity index (χ1n) is 4.59. The van der Waals surface area contributed by atoms with Gasteiger partial charge in [-0.25, -0.2) is 0 Å². The van der Waals surface area contributed by atoms with Crippen LogP contribution in [0, 0.1) is 0 Å². The van der Waals surface area contributed by atoms with Crippen molar-refractivity contribution in [2.24, 2.45) is 0 Å². The number of unbranched alkanes of at least 4 members (excludes halogenated alkanes) is 1. The van der Waals surface area contributed by atoms with Gasteiger partial charge in [0.05, 0.1) is 4.47 Å². The van der Waals surface area contributed by atoms with Crippen LogP contribution in [0.1, 0.15) is 12.8 Å². The lowest BCUT2D eigenvalue weighted by Gasteiger charge is -2.05. The maximum absolute atomic E-state index is 11.5. The summed E-state index contributed by atoms with van der Waals surface area (Å²) in [4.78, 5) is 11.5. The molecule has 0 fully saturated rings. The molecule has 1 aromatic rings. The molecule has 0 radical (unpaired) electrons. The number of aromatic nitrogens is 1. The molecule has 1 rings (SSSR count). The van der Waals surface area contributed by atoms with Gasteiger partial charge in [0.25, 0.3) is 5.56 Å². The highest BCUT2D eigenvalue weighted by atomic mass is 79.9. The summed E-state index contributed by atoms with van der Waals surface area (Å²) in [6.45, 7) is 1.50. The highest BCUT2D eigenvalue weighted by molar-refractivity contribution is 9.10. The van der Waals surface area contributed by atoms with Crippen molar-refractivity contribution in [1.29, 1.82) is 0 Å². The second kappa shape index (κ2) is 5.98. The van der Waals surface area contributed by atoms with Gasteiger partial charge in [-0.1, -0.05) is 0 Å². The van der Waals surface area contributed by atoms with Gasteiger partial charge in [0, 0.05) is 26.5 Å². The molecular formula is C10H14BrNO2. The molecule has 0 unspecified atom stereocenters. The lowest BCUT2D eigenvalue weighted by Crippen LogP contribution is -2.19. The zero-order valence-electron chi connectivity index (χ0n) is 8.20. The topological polar surface area (TPSA) is 31.2 Å². The van der Waals surface area contributed by atoms with E-state index in [1.54, 1.807) is 23.9 Å². The number of halogens is 1. The maximum Gasteiger partial charge on any atom is 0.264 e. The van der Waals surface area contributed by atoms with E-state index in [1.165, 1.54) is 0 Å². The first kappa shape index (κ1) is 11.5. The van der Waals surface area contributed by atoms with E-state index < -0.39 is 0 Å². The summed E-state index contributed by atoms with van der Waals surface area (Å²) in [6, 6.07) is 3.62. The van der Waals surface area contributed by atoms with Gasteiger partial charge in [-0.15, -0.1) is 0 Å². The maximum atomic E-state index is 11.5. The minimum atomic E-state index is 0.0323. The Hall–Kier alpha value is -0.610. The summed E-state index contributed by atoms with van der Waals surface area (Å²) in [6.07, 6.45) is 3.75. The number of hydrogen-bond donors (Lipinski definition) is 0. The van der Waals surface area contributed by atoms with Crippen molar-refractivity contribution in [2.45, 2.75) is 19.4 Å². The lowest BCUT2D eigenvalue weighted by molar-refractivity contribution is 0.191. The van der Waals surface area contributed by atoms with Crippen LogP contribution in [0.4, 0.5) is 0 Å².